The van der Waals surface area contributed by atoms with Crippen molar-refractivity contribution < 1.29 is 13.2 Å². The second kappa shape index (κ2) is 6.43. The van der Waals surface area contributed by atoms with E-state index in [4.69, 9.17) is 11.6 Å². The van der Waals surface area contributed by atoms with E-state index < -0.39 is 12.6 Å². The van der Waals surface area contributed by atoms with Crippen LogP contribution in [0.4, 0.5) is 13.2 Å². The van der Waals surface area contributed by atoms with Gasteiger partial charge in [-0.1, -0.05) is 17.7 Å². The lowest BCUT2D eigenvalue weighted by Crippen LogP contribution is -2.17. The molecule has 0 aliphatic carbocycles. The highest BCUT2D eigenvalue weighted by atomic mass is 35.5. The molecular weight excluding hydrogens is 263 g/mol. The minimum atomic E-state index is -4.08. The van der Waals surface area contributed by atoms with Gasteiger partial charge in [-0.05, 0) is 50.1 Å². The summed E-state index contributed by atoms with van der Waals surface area (Å²) in [4.78, 5) is 0. The molecule has 0 aliphatic rings. The van der Waals surface area contributed by atoms with Gasteiger partial charge in [0, 0.05) is 17.5 Å². The molecule has 1 nitrogen and oxygen atoms in total. The van der Waals surface area contributed by atoms with E-state index in [9.17, 15) is 13.2 Å². The van der Waals surface area contributed by atoms with E-state index in [2.05, 4.69) is 5.32 Å². The van der Waals surface area contributed by atoms with Gasteiger partial charge in [0.1, 0.15) is 0 Å². The van der Waals surface area contributed by atoms with Crippen LogP contribution in [0.15, 0.2) is 18.2 Å². The van der Waals surface area contributed by atoms with E-state index in [1.54, 1.807) is 13.1 Å². The monoisotopic (exact) mass is 279 g/mol. The first-order chi connectivity index (χ1) is 8.31. The largest absolute Gasteiger partial charge is 0.389 e. The molecule has 5 heteroatoms. The van der Waals surface area contributed by atoms with Gasteiger partial charge in [-0.15, -0.1) is 0 Å². The number of nitrogens with one attached hydrogen (secondary N) is 1. The molecule has 0 bridgehead atoms. The lowest BCUT2D eigenvalue weighted by molar-refractivity contribution is -0.135. The first-order valence-corrected chi connectivity index (χ1v) is 6.21. The summed E-state index contributed by atoms with van der Waals surface area (Å²) in [5.74, 6) is 0. The molecule has 1 N–H and O–H groups in total. The quantitative estimate of drug-likeness (QED) is 0.828. The van der Waals surface area contributed by atoms with Crippen LogP contribution in [-0.2, 0) is 0 Å². The van der Waals surface area contributed by atoms with Gasteiger partial charge in [-0.3, -0.25) is 0 Å². The zero-order valence-corrected chi connectivity index (χ0v) is 11.2. The molecule has 0 spiro atoms. The van der Waals surface area contributed by atoms with Crippen molar-refractivity contribution in [2.75, 3.05) is 7.05 Å². The second-order valence-corrected chi connectivity index (χ2v) is 4.85. The van der Waals surface area contributed by atoms with Crippen LogP contribution in [0.5, 0.6) is 0 Å². The zero-order valence-electron chi connectivity index (χ0n) is 10.4. The van der Waals surface area contributed by atoms with Crippen LogP contribution in [0.2, 0.25) is 5.02 Å². The van der Waals surface area contributed by atoms with E-state index >= 15 is 0 Å². The molecule has 1 unspecified atom stereocenters. The first kappa shape index (κ1) is 15.3. The summed E-state index contributed by atoms with van der Waals surface area (Å²) in [6.45, 7) is 1.91. The fourth-order valence-corrected chi connectivity index (χ4v) is 2.25. The fraction of sp³-hybridized carbons (Fsp3) is 0.538. The van der Waals surface area contributed by atoms with Crippen LogP contribution in [0.1, 0.15) is 36.4 Å². The van der Waals surface area contributed by atoms with Crippen molar-refractivity contribution in [1.29, 1.82) is 0 Å². The molecule has 1 aromatic rings. The summed E-state index contributed by atoms with van der Waals surface area (Å²) >= 11 is 5.95. The highest BCUT2D eigenvalue weighted by Gasteiger charge is 2.26. The molecule has 0 fully saturated rings. The van der Waals surface area contributed by atoms with Crippen molar-refractivity contribution >= 4 is 11.6 Å². The highest BCUT2D eigenvalue weighted by Crippen LogP contribution is 2.27. The van der Waals surface area contributed by atoms with E-state index in [-0.39, 0.29) is 12.5 Å². The molecule has 18 heavy (non-hydrogen) atoms. The third-order valence-electron chi connectivity index (χ3n) is 2.77. The maximum atomic E-state index is 12.1. The molecule has 0 aliphatic heterocycles. The third-order valence-corrected chi connectivity index (χ3v) is 2.99. The molecule has 102 valence electrons. The van der Waals surface area contributed by atoms with Crippen molar-refractivity contribution in [2.45, 2.75) is 38.4 Å². The molecular formula is C13H17ClF3N. The normalized spacial score (nSPS) is 13.7. The molecule has 0 heterocycles. The van der Waals surface area contributed by atoms with Crippen molar-refractivity contribution in [2.24, 2.45) is 0 Å². The molecule has 1 rings (SSSR count). The molecule has 0 amide bonds. The summed E-state index contributed by atoms with van der Waals surface area (Å²) in [5, 5.41) is 3.65. The maximum absolute atomic E-state index is 12.1. The zero-order chi connectivity index (χ0) is 13.8. The van der Waals surface area contributed by atoms with Gasteiger partial charge in [-0.25, -0.2) is 0 Å². The van der Waals surface area contributed by atoms with Crippen molar-refractivity contribution in [3.63, 3.8) is 0 Å². The maximum Gasteiger partial charge on any atom is 0.389 e. The Balaban J connectivity index is 2.65. The van der Waals surface area contributed by atoms with Crippen LogP contribution in [0, 0.1) is 6.92 Å². The van der Waals surface area contributed by atoms with Gasteiger partial charge in [0.2, 0.25) is 0 Å². The number of hydrogen-bond donors (Lipinski definition) is 1. The summed E-state index contributed by atoms with van der Waals surface area (Å²) in [5.41, 5.74) is 1.94. The lowest BCUT2D eigenvalue weighted by atomic mass is 9.99. The minimum absolute atomic E-state index is 0.0928. The van der Waals surface area contributed by atoms with Crippen LogP contribution >= 0.6 is 11.6 Å². The topological polar surface area (TPSA) is 12.0 Å². The SMILES string of the molecule is CNC(CCCC(F)(F)F)c1cc(C)cc(Cl)c1. The Bertz CT molecular complexity index is 370. The Morgan fingerprint density at radius 3 is 2.44 bits per heavy atom. The molecule has 0 saturated carbocycles. The first-order valence-electron chi connectivity index (χ1n) is 5.83. The number of alkyl halides is 3. The Kier molecular flexibility index (Phi) is 5.47. The Hall–Kier alpha value is -0.740. The summed E-state index contributed by atoms with van der Waals surface area (Å²) < 4.78 is 36.3. The standard InChI is InChI=1S/C13H17ClF3N/c1-9-6-10(8-11(14)7-9)12(18-2)4-3-5-13(15,16)17/h6-8,12,18H,3-5H2,1-2H3. The number of hydrogen-bond acceptors (Lipinski definition) is 1. The van der Waals surface area contributed by atoms with Gasteiger partial charge >= 0.3 is 6.18 Å². The number of aryl methyl sites for hydroxylation is 1. The van der Waals surface area contributed by atoms with Gasteiger partial charge in [-0.2, -0.15) is 13.2 Å². The molecule has 0 radical (unpaired) electrons. The minimum Gasteiger partial charge on any atom is -0.313 e. The predicted molar refractivity (Wildman–Crippen MR) is 67.9 cm³/mol. The summed E-state index contributed by atoms with van der Waals surface area (Å²) in [6.07, 6.45) is -4.27. The average molecular weight is 280 g/mol. The van der Waals surface area contributed by atoms with E-state index in [0.29, 0.717) is 11.4 Å². The van der Waals surface area contributed by atoms with Crippen molar-refractivity contribution in [1.82, 2.24) is 5.32 Å². The van der Waals surface area contributed by atoms with Crippen LogP contribution < -0.4 is 5.32 Å². The lowest BCUT2D eigenvalue weighted by Gasteiger charge is -2.18. The van der Waals surface area contributed by atoms with Gasteiger partial charge in [0.25, 0.3) is 0 Å². The van der Waals surface area contributed by atoms with E-state index in [1.807, 2.05) is 19.1 Å². The Labute approximate surface area is 110 Å². The predicted octanol–water partition coefficient (Wildman–Crippen LogP) is 4.64. The Morgan fingerprint density at radius 2 is 1.94 bits per heavy atom. The summed E-state index contributed by atoms with van der Waals surface area (Å²) in [6, 6.07) is 5.47. The molecule has 1 atom stereocenters. The molecule has 0 saturated heterocycles. The Morgan fingerprint density at radius 1 is 1.28 bits per heavy atom. The number of halogens is 4. The van der Waals surface area contributed by atoms with E-state index in [0.717, 1.165) is 11.1 Å². The fourth-order valence-electron chi connectivity index (χ4n) is 1.95. The van der Waals surface area contributed by atoms with Gasteiger partial charge < -0.3 is 5.32 Å². The van der Waals surface area contributed by atoms with Gasteiger partial charge in [0.05, 0.1) is 0 Å². The number of benzene rings is 1. The smallest absolute Gasteiger partial charge is 0.313 e. The summed E-state index contributed by atoms with van der Waals surface area (Å²) in [7, 11) is 1.74. The van der Waals surface area contributed by atoms with Crippen molar-refractivity contribution in [3.05, 3.63) is 34.3 Å². The van der Waals surface area contributed by atoms with Gasteiger partial charge in [0.15, 0.2) is 0 Å². The van der Waals surface area contributed by atoms with E-state index in [1.165, 1.54) is 0 Å². The van der Waals surface area contributed by atoms with Crippen LogP contribution in [0.25, 0.3) is 0 Å². The van der Waals surface area contributed by atoms with Crippen LogP contribution in [-0.4, -0.2) is 13.2 Å². The van der Waals surface area contributed by atoms with Crippen LogP contribution in [0.3, 0.4) is 0 Å². The second-order valence-electron chi connectivity index (χ2n) is 4.41. The van der Waals surface area contributed by atoms with Crippen molar-refractivity contribution in [3.8, 4) is 0 Å². The highest BCUT2D eigenvalue weighted by molar-refractivity contribution is 6.30. The third kappa shape index (κ3) is 5.27. The molecule has 1 aromatic carbocycles. The number of rotatable bonds is 5. The molecule has 0 aromatic heterocycles. The average Bonchev–Trinajstić information content (AvgIpc) is 2.21.